The van der Waals surface area contributed by atoms with Crippen LogP contribution >= 0.6 is 39.9 Å². The van der Waals surface area contributed by atoms with Gasteiger partial charge in [0.1, 0.15) is 4.32 Å². The summed E-state index contributed by atoms with van der Waals surface area (Å²) in [5, 5.41) is 20.2. The number of halogens is 1. The molecule has 0 aromatic heterocycles. The normalized spacial score (nSPS) is 15.0. The first-order valence-corrected chi connectivity index (χ1v) is 9.10. The Bertz CT molecular complexity index is 761. The summed E-state index contributed by atoms with van der Waals surface area (Å²) >= 11 is 9.75. The van der Waals surface area contributed by atoms with E-state index in [1.165, 1.54) is 11.8 Å². The number of anilines is 1. The number of hydrogen-bond donors (Lipinski definition) is 1. The van der Waals surface area contributed by atoms with Crippen molar-refractivity contribution in [1.29, 1.82) is 10.5 Å². The van der Waals surface area contributed by atoms with Gasteiger partial charge >= 0.3 is 0 Å². The molecule has 1 aliphatic heterocycles. The molecule has 1 fully saturated rings. The Morgan fingerprint density at radius 3 is 2.46 bits per heavy atom. The predicted molar refractivity (Wildman–Crippen MR) is 103 cm³/mol. The maximum absolute atomic E-state index is 11.7. The molecule has 1 heterocycles. The Kier molecular flexibility index (Phi) is 6.80. The maximum Gasteiger partial charge on any atom is 0.263 e. The van der Waals surface area contributed by atoms with Gasteiger partial charge in [-0.2, -0.15) is 10.5 Å². The Morgan fingerprint density at radius 2 is 1.96 bits per heavy atom. The third-order valence-electron chi connectivity index (χ3n) is 3.24. The third-order valence-corrected chi connectivity index (χ3v) is 5.04. The molecule has 1 amide bonds. The lowest BCUT2D eigenvalue weighted by atomic mass is 10.1. The van der Waals surface area contributed by atoms with Crippen LogP contribution in [0.15, 0.2) is 27.6 Å². The van der Waals surface area contributed by atoms with Crippen LogP contribution < -0.4 is 10.2 Å². The largest absolute Gasteiger partial charge is 0.369 e. The first-order chi connectivity index (χ1) is 11.5. The van der Waals surface area contributed by atoms with Gasteiger partial charge in [-0.15, -0.1) is 0 Å². The summed E-state index contributed by atoms with van der Waals surface area (Å²) in [5.74, 6) is -0.185. The van der Waals surface area contributed by atoms with E-state index in [2.05, 4.69) is 33.4 Å². The van der Waals surface area contributed by atoms with E-state index in [0.29, 0.717) is 35.2 Å². The van der Waals surface area contributed by atoms with Gasteiger partial charge in [0.15, 0.2) is 0 Å². The van der Waals surface area contributed by atoms with E-state index in [0.717, 1.165) is 15.7 Å². The number of carbonyl (C=O) groups is 1. The highest BCUT2D eigenvalue weighted by molar-refractivity contribution is 9.10. The van der Waals surface area contributed by atoms with Gasteiger partial charge < -0.3 is 10.2 Å². The molecular weight excluding hydrogens is 408 g/mol. The molecule has 0 bridgehead atoms. The first kappa shape index (κ1) is 18.5. The summed E-state index contributed by atoms with van der Waals surface area (Å²) in [4.78, 5) is 14.3. The third kappa shape index (κ3) is 4.81. The van der Waals surface area contributed by atoms with Crippen molar-refractivity contribution in [2.75, 3.05) is 18.0 Å². The fourth-order valence-electron chi connectivity index (χ4n) is 2.16. The Balaban J connectivity index is 2.23. The summed E-state index contributed by atoms with van der Waals surface area (Å²) in [5.41, 5.74) is 1.79. The average molecular weight is 421 g/mol. The number of nitriles is 2. The molecule has 5 nitrogen and oxygen atoms in total. The summed E-state index contributed by atoms with van der Waals surface area (Å²) in [7, 11) is 0. The van der Waals surface area contributed by atoms with Crippen LogP contribution in [0.3, 0.4) is 0 Å². The lowest BCUT2D eigenvalue weighted by molar-refractivity contribution is -0.115. The van der Waals surface area contributed by atoms with Crippen LogP contribution in [0.2, 0.25) is 0 Å². The van der Waals surface area contributed by atoms with Crippen LogP contribution in [0.1, 0.15) is 18.4 Å². The van der Waals surface area contributed by atoms with Gasteiger partial charge in [-0.25, -0.2) is 0 Å². The minimum absolute atomic E-state index is 0.185. The molecule has 8 heteroatoms. The lowest BCUT2D eigenvalue weighted by Gasteiger charge is -2.24. The lowest BCUT2D eigenvalue weighted by Crippen LogP contribution is -2.25. The standard InChI is InChI=1S/C16H13BrN4OS2/c17-12-9-11(10-14-15(22)20-16(23)24-14)3-4-13(12)21(7-1-5-18)8-2-6-19/h3-4,9-10H,1-2,7-8H2,(H,20,22,23). The van der Waals surface area contributed by atoms with Crippen molar-refractivity contribution in [2.24, 2.45) is 0 Å². The number of amides is 1. The highest BCUT2D eigenvalue weighted by Gasteiger charge is 2.22. The summed E-state index contributed by atoms with van der Waals surface area (Å²) < 4.78 is 1.31. The van der Waals surface area contributed by atoms with E-state index >= 15 is 0 Å². The zero-order valence-corrected chi connectivity index (χ0v) is 15.8. The van der Waals surface area contributed by atoms with Crippen molar-refractivity contribution in [3.8, 4) is 12.1 Å². The second kappa shape index (κ2) is 8.84. The molecule has 1 saturated heterocycles. The second-order valence-electron chi connectivity index (χ2n) is 4.87. The van der Waals surface area contributed by atoms with Gasteiger partial charge in [-0.1, -0.05) is 30.0 Å². The van der Waals surface area contributed by atoms with Crippen LogP contribution in [-0.4, -0.2) is 23.3 Å². The molecule has 24 heavy (non-hydrogen) atoms. The van der Waals surface area contributed by atoms with Gasteiger partial charge in [-0.05, 0) is 39.7 Å². The molecule has 0 unspecified atom stereocenters. The fraction of sp³-hybridized carbons (Fsp3) is 0.250. The number of benzene rings is 1. The second-order valence-corrected chi connectivity index (χ2v) is 7.44. The number of nitrogens with zero attached hydrogens (tertiary/aromatic N) is 3. The summed E-state index contributed by atoms with van der Waals surface area (Å²) in [6.45, 7) is 1.12. The molecule has 0 atom stereocenters. The predicted octanol–water partition coefficient (Wildman–Crippen LogP) is 3.57. The number of nitrogens with one attached hydrogen (secondary N) is 1. The van der Waals surface area contributed by atoms with Gasteiger partial charge in [-0.3, -0.25) is 4.79 Å². The van der Waals surface area contributed by atoms with Gasteiger partial charge in [0.05, 0.1) is 35.6 Å². The Labute approximate surface area is 158 Å². The molecule has 0 radical (unpaired) electrons. The minimum Gasteiger partial charge on any atom is -0.369 e. The minimum atomic E-state index is -0.185. The zero-order valence-electron chi connectivity index (χ0n) is 12.6. The SMILES string of the molecule is N#CCCN(CCC#N)c1ccc(C=C2SC(=S)NC2=O)cc1Br. The number of carbonyl (C=O) groups excluding carboxylic acids is 1. The van der Waals surface area contributed by atoms with E-state index in [-0.39, 0.29) is 5.91 Å². The van der Waals surface area contributed by atoms with Crippen LogP contribution in [-0.2, 0) is 4.79 Å². The number of thioether (sulfide) groups is 1. The molecule has 0 saturated carbocycles. The van der Waals surface area contributed by atoms with Crippen molar-refractivity contribution in [3.63, 3.8) is 0 Å². The maximum atomic E-state index is 11.7. The van der Waals surface area contributed by atoms with Crippen molar-refractivity contribution >= 4 is 61.9 Å². The smallest absolute Gasteiger partial charge is 0.263 e. The fourth-order valence-corrected chi connectivity index (χ4v) is 3.86. The first-order valence-electron chi connectivity index (χ1n) is 7.08. The topological polar surface area (TPSA) is 79.9 Å². The van der Waals surface area contributed by atoms with E-state index in [9.17, 15) is 4.79 Å². The van der Waals surface area contributed by atoms with Crippen molar-refractivity contribution in [1.82, 2.24) is 5.32 Å². The van der Waals surface area contributed by atoms with Crippen molar-refractivity contribution in [3.05, 3.63) is 33.1 Å². The van der Waals surface area contributed by atoms with Crippen LogP contribution in [0.4, 0.5) is 5.69 Å². The molecule has 1 aromatic rings. The van der Waals surface area contributed by atoms with Crippen LogP contribution in [0.25, 0.3) is 6.08 Å². The highest BCUT2D eigenvalue weighted by Crippen LogP contribution is 2.31. The van der Waals surface area contributed by atoms with Gasteiger partial charge in [0, 0.05) is 17.6 Å². The molecule has 1 aromatic carbocycles. The Morgan fingerprint density at radius 1 is 1.29 bits per heavy atom. The molecule has 2 rings (SSSR count). The number of hydrogen-bond acceptors (Lipinski definition) is 6. The quantitative estimate of drug-likeness (QED) is 0.559. The number of rotatable bonds is 6. The molecular formula is C16H13BrN4OS2. The zero-order chi connectivity index (χ0) is 17.5. The van der Waals surface area contributed by atoms with Gasteiger partial charge in [0.2, 0.25) is 0 Å². The average Bonchev–Trinajstić information content (AvgIpc) is 2.86. The van der Waals surface area contributed by atoms with Crippen LogP contribution in [0.5, 0.6) is 0 Å². The highest BCUT2D eigenvalue weighted by atomic mass is 79.9. The van der Waals surface area contributed by atoms with E-state index in [1.54, 1.807) is 6.08 Å². The summed E-state index contributed by atoms with van der Waals surface area (Å²) in [6.07, 6.45) is 2.55. The van der Waals surface area contributed by atoms with Crippen molar-refractivity contribution in [2.45, 2.75) is 12.8 Å². The molecule has 0 aliphatic carbocycles. The molecule has 1 N–H and O–H groups in total. The van der Waals surface area contributed by atoms with E-state index in [1.807, 2.05) is 23.1 Å². The summed E-state index contributed by atoms with van der Waals surface area (Å²) in [6, 6.07) is 9.97. The van der Waals surface area contributed by atoms with Gasteiger partial charge in [0.25, 0.3) is 5.91 Å². The Hall–Kier alpha value is -1.87. The van der Waals surface area contributed by atoms with E-state index in [4.69, 9.17) is 22.7 Å². The molecule has 1 aliphatic rings. The van der Waals surface area contributed by atoms with Crippen molar-refractivity contribution < 1.29 is 4.79 Å². The van der Waals surface area contributed by atoms with E-state index < -0.39 is 0 Å². The number of thiocarbonyl (C=S) groups is 1. The molecule has 122 valence electrons. The van der Waals surface area contributed by atoms with Crippen LogP contribution in [0, 0.1) is 22.7 Å². The monoisotopic (exact) mass is 420 g/mol. The molecule has 0 spiro atoms.